The van der Waals surface area contributed by atoms with Crippen molar-refractivity contribution >= 4 is 17.5 Å². The Labute approximate surface area is 102 Å². The van der Waals surface area contributed by atoms with Crippen LogP contribution in [0.25, 0.3) is 0 Å². The second-order valence-electron chi connectivity index (χ2n) is 3.36. The summed E-state index contributed by atoms with van der Waals surface area (Å²) in [7, 11) is 0. The average molecular weight is 254 g/mol. The van der Waals surface area contributed by atoms with Gasteiger partial charge in [-0.25, -0.2) is 9.37 Å². The molecule has 1 aromatic carbocycles. The van der Waals surface area contributed by atoms with E-state index in [2.05, 4.69) is 15.3 Å². The van der Waals surface area contributed by atoms with Gasteiger partial charge in [-0.15, -0.1) is 0 Å². The molecule has 1 heterocycles. The number of carbonyl (C=O) groups is 1. The summed E-state index contributed by atoms with van der Waals surface area (Å²) in [5.41, 5.74) is 0.583. The number of nitrogens with one attached hydrogen (secondary N) is 2. The maximum Gasteiger partial charge on any atom is 0.256 e. The van der Waals surface area contributed by atoms with Crippen LogP contribution in [0, 0.1) is 5.82 Å². The third-order valence-electron chi connectivity index (χ3n) is 2.18. The Morgan fingerprint density at radius 1 is 1.53 bits per heavy atom. The zero-order chi connectivity index (χ0) is 12.3. The fourth-order valence-corrected chi connectivity index (χ4v) is 1.61. The molecule has 2 N–H and O–H groups in total. The van der Waals surface area contributed by atoms with Crippen molar-refractivity contribution in [2.45, 2.75) is 6.54 Å². The van der Waals surface area contributed by atoms with E-state index in [9.17, 15) is 9.18 Å². The second kappa shape index (κ2) is 4.97. The number of H-pyrrole nitrogens is 1. The van der Waals surface area contributed by atoms with Gasteiger partial charge in [-0.3, -0.25) is 4.79 Å². The Morgan fingerprint density at radius 3 is 3.00 bits per heavy atom. The molecule has 0 aliphatic carbocycles. The van der Waals surface area contributed by atoms with Gasteiger partial charge >= 0.3 is 0 Å². The third kappa shape index (κ3) is 2.62. The Balaban J connectivity index is 2.10. The standard InChI is InChI=1S/C11H9ClFN3O/c12-8-2-1-3-9(13)10(8)11(17)15-5-7-4-14-6-16-7/h1-4,6H,5H2,(H,14,16)(H,15,17). The van der Waals surface area contributed by atoms with E-state index in [0.717, 1.165) is 5.69 Å². The van der Waals surface area contributed by atoms with Gasteiger partial charge in [-0.1, -0.05) is 17.7 Å². The summed E-state index contributed by atoms with van der Waals surface area (Å²) >= 11 is 5.76. The molecule has 1 amide bonds. The molecule has 1 aromatic heterocycles. The van der Waals surface area contributed by atoms with Crippen LogP contribution < -0.4 is 5.32 Å². The van der Waals surface area contributed by atoms with Crippen molar-refractivity contribution in [3.8, 4) is 0 Å². The predicted octanol–water partition coefficient (Wildman–Crippen LogP) is 2.13. The van der Waals surface area contributed by atoms with Crippen LogP contribution in [0.1, 0.15) is 16.1 Å². The molecular weight excluding hydrogens is 245 g/mol. The minimum absolute atomic E-state index is 0.0899. The molecule has 17 heavy (non-hydrogen) atoms. The largest absolute Gasteiger partial charge is 0.347 e. The van der Waals surface area contributed by atoms with E-state index >= 15 is 0 Å². The normalized spacial score (nSPS) is 10.2. The monoisotopic (exact) mass is 253 g/mol. The first kappa shape index (κ1) is 11.6. The highest BCUT2D eigenvalue weighted by atomic mass is 35.5. The maximum absolute atomic E-state index is 13.4. The summed E-state index contributed by atoms with van der Waals surface area (Å²) in [6, 6.07) is 4.11. The summed E-state index contributed by atoms with van der Waals surface area (Å²) in [5.74, 6) is -1.19. The minimum Gasteiger partial charge on any atom is -0.347 e. The lowest BCUT2D eigenvalue weighted by atomic mass is 10.2. The number of amides is 1. The highest BCUT2D eigenvalue weighted by Gasteiger charge is 2.15. The molecule has 0 unspecified atom stereocenters. The van der Waals surface area contributed by atoms with Crippen LogP contribution in [0.15, 0.2) is 30.7 Å². The fourth-order valence-electron chi connectivity index (χ4n) is 1.36. The molecule has 0 saturated heterocycles. The van der Waals surface area contributed by atoms with Gasteiger partial charge in [0.15, 0.2) is 0 Å². The Morgan fingerprint density at radius 2 is 2.35 bits per heavy atom. The van der Waals surface area contributed by atoms with E-state index in [0.29, 0.717) is 0 Å². The Bertz CT molecular complexity index is 507. The summed E-state index contributed by atoms with van der Waals surface area (Å²) in [6.07, 6.45) is 3.07. The highest BCUT2D eigenvalue weighted by molar-refractivity contribution is 6.33. The molecule has 0 fully saturated rings. The lowest BCUT2D eigenvalue weighted by Crippen LogP contribution is -2.24. The minimum atomic E-state index is -0.639. The van der Waals surface area contributed by atoms with Gasteiger partial charge in [0.1, 0.15) is 5.82 Å². The fraction of sp³-hybridized carbons (Fsp3) is 0.0909. The first-order chi connectivity index (χ1) is 8.18. The van der Waals surface area contributed by atoms with E-state index in [-0.39, 0.29) is 17.1 Å². The maximum atomic E-state index is 13.4. The predicted molar refractivity (Wildman–Crippen MR) is 61.2 cm³/mol. The molecule has 0 aliphatic heterocycles. The van der Waals surface area contributed by atoms with E-state index in [1.807, 2.05) is 0 Å². The number of aromatic nitrogens is 2. The number of hydrogen-bond donors (Lipinski definition) is 2. The quantitative estimate of drug-likeness (QED) is 0.880. The SMILES string of the molecule is O=C(NCc1cnc[nH]1)c1c(F)cccc1Cl. The molecule has 0 bridgehead atoms. The van der Waals surface area contributed by atoms with Gasteiger partial charge in [0.25, 0.3) is 5.91 Å². The van der Waals surface area contributed by atoms with Crippen LogP contribution in [0.5, 0.6) is 0 Å². The van der Waals surface area contributed by atoms with Gasteiger partial charge in [0.2, 0.25) is 0 Å². The zero-order valence-corrected chi connectivity index (χ0v) is 9.46. The van der Waals surface area contributed by atoms with Crippen molar-refractivity contribution < 1.29 is 9.18 Å². The van der Waals surface area contributed by atoms with Gasteiger partial charge in [-0.05, 0) is 12.1 Å². The number of benzene rings is 1. The van der Waals surface area contributed by atoms with E-state index in [4.69, 9.17) is 11.6 Å². The smallest absolute Gasteiger partial charge is 0.256 e. The van der Waals surface area contributed by atoms with Crippen LogP contribution in [0.2, 0.25) is 5.02 Å². The summed E-state index contributed by atoms with van der Waals surface area (Å²) in [4.78, 5) is 18.3. The number of imidazole rings is 1. The van der Waals surface area contributed by atoms with Crippen molar-refractivity contribution in [1.29, 1.82) is 0 Å². The molecule has 0 radical (unpaired) electrons. The summed E-state index contributed by atoms with van der Waals surface area (Å²) in [6.45, 7) is 0.240. The van der Waals surface area contributed by atoms with Gasteiger partial charge in [0.05, 0.1) is 29.2 Å². The van der Waals surface area contributed by atoms with Crippen molar-refractivity contribution in [2.24, 2.45) is 0 Å². The van der Waals surface area contributed by atoms with E-state index < -0.39 is 11.7 Å². The van der Waals surface area contributed by atoms with Crippen molar-refractivity contribution in [2.75, 3.05) is 0 Å². The topological polar surface area (TPSA) is 57.8 Å². The molecule has 2 aromatic rings. The number of aromatic amines is 1. The van der Waals surface area contributed by atoms with Crippen molar-refractivity contribution in [3.63, 3.8) is 0 Å². The van der Waals surface area contributed by atoms with Gasteiger partial charge in [0, 0.05) is 6.20 Å². The molecule has 6 heteroatoms. The highest BCUT2D eigenvalue weighted by Crippen LogP contribution is 2.18. The lowest BCUT2D eigenvalue weighted by molar-refractivity contribution is 0.0946. The van der Waals surface area contributed by atoms with Gasteiger partial charge in [-0.2, -0.15) is 0 Å². The summed E-state index contributed by atoms with van der Waals surface area (Å²) in [5, 5.41) is 2.64. The van der Waals surface area contributed by atoms with Crippen molar-refractivity contribution in [3.05, 3.63) is 52.8 Å². The van der Waals surface area contributed by atoms with Crippen molar-refractivity contribution in [1.82, 2.24) is 15.3 Å². The molecule has 0 spiro atoms. The zero-order valence-electron chi connectivity index (χ0n) is 8.71. The molecule has 0 atom stereocenters. The molecule has 0 aliphatic rings. The van der Waals surface area contributed by atoms with E-state index in [1.165, 1.54) is 24.5 Å². The number of carbonyl (C=O) groups excluding carboxylic acids is 1. The Kier molecular flexibility index (Phi) is 3.39. The number of nitrogens with zero attached hydrogens (tertiary/aromatic N) is 1. The number of rotatable bonds is 3. The third-order valence-corrected chi connectivity index (χ3v) is 2.50. The molecule has 88 valence electrons. The molecule has 4 nitrogen and oxygen atoms in total. The number of hydrogen-bond acceptors (Lipinski definition) is 2. The lowest BCUT2D eigenvalue weighted by Gasteiger charge is -2.06. The first-order valence-electron chi connectivity index (χ1n) is 4.88. The summed E-state index contributed by atoms with van der Waals surface area (Å²) < 4.78 is 13.4. The molecule has 0 saturated carbocycles. The van der Waals surface area contributed by atoms with Crippen LogP contribution >= 0.6 is 11.6 Å². The molecular formula is C11H9ClFN3O. The molecule has 2 rings (SSSR count). The van der Waals surface area contributed by atoms with Gasteiger partial charge < -0.3 is 10.3 Å². The first-order valence-corrected chi connectivity index (χ1v) is 5.25. The van der Waals surface area contributed by atoms with Crippen LogP contribution in [-0.4, -0.2) is 15.9 Å². The average Bonchev–Trinajstić information content (AvgIpc) is 2.79. The Hall–Kier alpha value is -1.88. The van der Waals surface area contributed by atoms with Crippen LogP contribution in [0.3, 0.4) is 0 Å². The van der Waals surface area contributed by atoms with Crippen LogP contribution in [-0.2, 0) is 6.54 Å². The van der Waals surface area contributed by atoms with Crippen LogP contribution in [0.4, 0.5) is 4.39 Å². The van der Waals surface area contributed by atoms with E-state index in [1.54, 1.807) is 6.20 Å². The second-order valence-corrected chi connectivity index (χ2v) is 3.76. The number of halogens is 2.